The molecule has 1 saturated carbocycles. The van der Waals surface area contributed by atoms with Gasteiger partial charge in [-0.3, -0.25) is 0 Å². The fourth-order valence-electron chi connectivity index (χ4n) is 2.15. The molecule has 5 nitrogen and oxygen atoms in total. The third-order valence-electron chi connectivity index (χ3n) is 3.27. The molecule has 0 radical (unpaired) electrons. The SMILES string of the molecule is Cc1ccc(F)cc1-n1nnc(C(=O)O)c1C1CC1. The second kappa shape index (κ2) is 4.15. The average Bonchev–Trinajstić information content (AvgIpc) is 3.11. The van der Waals surface area contributed by atoms with Crippen LogP contribution in [0, 0.1) is 12.7 Å². The van der Waals surface area contributed by atoms with Crippen molar-refractivity contribution in [2.24, 2.45) is 0 Å². The highest BCUT2D eigenvalue weighted by Gasteiger charge is 2.34. The summed E-state index contributed by atoms with van der Waals surface area (Å²) in [5, 5.41) is 16.7. The van der Waals surface area contributed by atoms with E-state index >= 15 is 0 Å². The molecule has 3 rings (SSSR count). The van der Waals surface area contributed by atoms with E-state index in [2.05, 4.69) is 10.3 Å². The molecule has 98 valence electrons. The second-order valence-corrected chi connectivity index (χ2v) is 4.75. The van der Waals surface area contributed by atoms with Crippen molar-refractivity contribution in [3.8, 4) is 5.69 Å². The zero-order chi connectivity index (χ0) is 13.6. The van der Waals surface area contributed by atoms with Crippen LogP contribution in [0.2, 0.25) is 0 Å². The summed E-state index contributed by atoms with van der Waals surface area (Å²) in [5.74, 6) is -1.32. The van der Waals surface area contributed by atoms with Crippen molar-refractivity contribution in [2.75, 3.05) is 0 Å². The highest BCUT2D eigenvalue weighted by Crippen LogP contribution is 2.42. The molecule has 0 atom stereocenters. The van der Waals surface area contributed by atoms with Crippen LogP contribution in [0.4, 0.5) is 4.39 Å². The molecule has 0 aliphatic heterocycles. The Morgan fingerprint density at radius 3 is 2.84 bits per heavy atom. The van der Waals surface area contributed by atoms with Gasteiger partial charge >= 0.3 is 5.97 Å². The average molecular weight is 261 g/mol. The van der Waals surface area contributed by atoms with Gasteiger partial charge in [0.25, 0.3) is 0 Å². The van der Waals surface area contributed by atoms with Gasteiger partial charge in [-0.1, -0.05) is 11.3 Å². The van der Waals surface area contributed by atoms with Crippen LogP contribution in [-0.2, 0) is 0 Å². The van der Waals surface area contributed by atoms with Crippen LogP contribution in [0.3, 0.4) is 0 Å². The van der Waals surface area contributed by atoms with Gasteiger partial charge in [-0.25, -0.2) is 13.9 Å². The maximum atomic E-state index is 13.4. The largest absolute Gasteiger partial charge is 0.476 e. The van der Waals surface area contributed by atoms with E-state index in [9.17, 15) is 9.18 Å². The van der Waals surface area contributed by atoms with Crippen LogP contribution in [0.1, 0.15) is 40.5 Å². The van der Waals surface area contributed by atoms with Crippen LogP contribution in [0.15, 0.2) is 18.2 Å². The molecule has 0 spiro atoms. The number of nitrogens with zero attached hydrogens (tertiary/aromatic N) is 3. The summed E-state index contributed by atoms with van der Waals surface area (Å²) in [6.45, 7) is 1.83. The molecule has 0 amide bonds. The molecule has 19 heavy (non-hydrogen) atoms. The number of aromatic carboxylic acids is 1. The third kappa shape index (κ3) is 1.99. The molecule has 1 aromatic heterocycles. The number of hydrogen-bond donors (Lipinski definition) is 1. The van der Waals surface area contributed by atoms with Crippen molar-refractivity contribution in [2.45, 2.75) is 25.7 Å². The third-order valence-corrected chi connectivity index (χ3v) is 3.27. The van der Waals surface area contributed by atoms with Crippen molar-refractivity contribution in [1.29, 1.82) is 0 Å². The monoisotopic (exact) mass is 261 g/mol. The molecule has 1 heterocycles. The molecule has 1 fully saturated rings. The Kier molecular flexibility index (Phi) is 2.58. The number of benzene rings is 1. The molecule has 0 bridgehead atoms. The van der Waals surface area contributed by atoms with Gasteiger partial charge in [0.1, 0.15) is 5.82 Å². The summed E-state index contributed by atoms with van der Waals surface area (Å²) in [6.07, 6.45) is 1.84. The van der Waals surface area contributed by atoms with Gasteiger partial charge < -0.3 is 5.11 Å². The molecule has 0 unspecified atom stereocenters. The number of hydrogen-bond acceptors (Lipinski definition) is 3. The molecule has 0 saturated heterocycles. The van der Waals surface area contributed by atoms with Crippen LogP contribution in [-0.4, -0.2) is 26.1 Å². The lowest BCUT2D eigenvalue weighted by Gasteiger charge is -2.09. The van der Waals surface area contributed by atoms with Crippen molar-refractivity contribution in [3.63, 3.8) is 0 Å². The van der Waals surface area contributed by atoms with Crippen LogP contribution >= 0.6 is 0 Å². The Hall–Kier alpha value is -2.24. The number of aryl methyl sites for hydroxylation is 1. The minimum atomic E-state index is -1.10. The maximum Gasteiger partial charge on any atom is 0.358 e. The predicted molar refractivity (Wildman–Crippen MR) is 65.0 cm³/mol. The van der Waals surface area contributed by atoms with E-state index in [4.69, 9.17) is 5.11 Å². The highest BCUT2D eigenvalue weighted by atomic mass is 19.1. The fraction of sp³-hybridized carbons (Fsp3) is 0.308. The Morgan fingerprint density at radius 1 is 1.47 bits per heavy atom. The molecule has 2 aromatic rings. The van der Waals surface area contributed by atoms with Gasteiger partial charge in [0.05, 0.1) is 11.4 Å². The summed E-state index contributed by atoms with van der Waals surface area (Å²) in [4.78, 5) is 11.2. The number of aromatic nitrogens is 3. The maximum absolute atomic E-state index is 13.4. The van der Waals surface area contributed by atoms with Crippen LogP contribution in [0.25, 0.3) is 5.69 Å². The van der Waals surface area contributed by atoms with Gasteiger partial charge in [-0.15, -0.1) is 5.10 Å². The van der Waals surface area contributed by atoms with Gasteiger partial charge in [0, 0.05) is 5.92 Å². The quantitative estimate of drug-likeness (QED) is 0.920. The van der Waals surface area contributed by atoms with Crippen molar-refractivity contribution < 1.29 is 14.3 Å². The normalized spacial score (nSPS) is 14.6. The smallest absolute Gasteiger partial charge is 0.358 e. The number of carbonyl (C=O) groups is 1. The standard InChI is InChI=1S/C13H12FN3O2/c1-7-2-5-9(14)6-10(7)17-12(8-3-4-8)11(13(18)19)15-16-17/h2,5-6,8H,3-4H2,1H3,(H,18,19). The summed E-state index contributed by atoms with van der Waals surface area (Å²) >= 11 is 0. The van der Waals surface area contributed by atoms with E-state index in [1.807, 2.05) is 6.92 Å². The fourth-order valence-corrected chi connectivity index (χ4v) is 2.15. The van der Waals surface area contributed by atoms with E-state index in [0.717, 1.165) is 18.4 Å². The Bertz CT molecular complexity index is 662. The molecular weight excluding hydrogens is 249 g/mol. The number of carboxylic acids is 1. The van der Waals surface area contributed by atoms with E-state index in [1.165, 1.54) is 16.8 Å². The van der Waals surface area contributed by atoms with Crippen molar-refractivity contribution in [1.82, 2.24) is 15.0 Å². The summed E-state index contributed by atoms with van der Waals surface area (Å²) in [7, 11) is 0. The lowest BCUT2D eigenvalue weighted by atomic mass is 10.1. The van der Waals surface area contributed by atoms with Gasteiger partial charge in [-0.05, 0) is 37.5 Å². The lowest BCUT2D eigenvalue weighted by Crippen LogP contribution is -2.07. The molecule has 1 aliphatic rings. The first-order valence-corrected chi connectivity index (χ1v) is 6.03. The number of halogens is 1. The van der Waals surface area contributed by atoms with Gasteiger partial charge in [-0.2, -0.15) is 0 Å². The summed E-state index contributed by atoms with van der Waals surface area (Å²) in [5.41, 5.74) is 1.90. The van der Waals surface area contributed by atoms with E-state index in [1.54, 1.807) is 6.07 Å². The van der Waals surface area contributed by atoms with Gasteiger partial charge in [0.2, 0.25) is 0 Å². The zero-order valence-electron chi connectivity index (χ0n) is 10.3. The topological polar surface area (TPSA) is 68.0 Å². The zero-order valence-corrected chi connectivity index (χ0v) is 10.3. The van der Waals surface area contributed by atoms with Crippen molar-refractivity contribution in [3.05, 3.63) is 41.0 Å². The first-order chi connectivity index (χ1) is 9.08. The first kappa shape index (κ1) is 11.8. The van der Waals surface area contributed by atoms with E-state index < -0.39 is 5.97 Å². The second-order valence-electron chi connectivity index (χ2n) is 4.75. The Labute approximate surface area is 108 Å². The lowest BCUT2D eigenvalue weighted by molar-refractivity contribution is 0.0689. The Morgan fingerprint density at radius 2 is 2.21 bits per heavy atom. The summed E-state index contributed by atoms with van der Waals surface area (Å²) < 4.78 is 14.8. The molecule has 6 heteroatoms. The van der Waals surface area contributed by atoms with Crippen molar-refractivity contribution >= 4 is 5.97 Å². The van der Waals surface area contributed by atoms with E-state index in [0.29, 0.717) is 11.4 Å². The minimum absolute atomic E-state index is 0.0360. The summed E-state index contributed by atoms with van der Waals surface area (Å²) in [6, 6.07) is 4.36. The predicted octanol–water partition coefficient (Wildman–Crippen LogP) is 2.29. The molecule has 1 aliphatic carbocycles. The van der Waals surface area contributed by atoms with Crippen LogP contribution in [0.5, 0.6) is 0 Å². The Balaban J connectivity index is 2.20. The van der Waals surface area contributed by atoms with E-state index in [-0.39, 0.29) is 17.4 Å². The highest BCUT2D eigenvalue weighted by molar-refractivity contribution is 5.87. The first-order valence-electron chi connectivity index (χ1n) is 6.03. The minimum Gasteiger partial charge on any atom is -0.476 e. The molecule has 1 aromatic carbocycles. The number of carboxylic acid groups (broad SMARTS) is 1. The number of rotatable bonds is 3. The van der Waals surface area contributed by atoms with Gasteiger partial charge in [0.15, 0.2) is 5.69 Å². The molecule has 1 N–H and O–H groups in total. The van der Waals surface area contributed by atoms with Crippen LogP contribution < -0.4 is 0 Å². The molecular formula is C13H12FN3O2.